The van der Waals surface area contributed by atoms with Gasteiger partial charge in [0, 0.05) is 24.1 Å². The van der Waals surface area contributed by atoms with Gasteiger partial charge >= 0.3 is 0 Å². The van der Waals surface area contributed by atoms with Crippen molar-refractivity contribution in [3.63, 3.8) is 0 Å². The number of halogens is 1. The summed E-state index contributed by atoms with van der Waals surface area (Å²) in [6.07, 6.45) is 15.6. The van der Waals surface area contributed by atoms with E-state index in [4.69, 9.17) is 14.5 Å². The SMILES string of the molecule is C=C(C/C=C/C=C(F)\C=C/C)N=C(OC)C1(CC)CCN(CCC(N/C(=C/CC)OC(C)(C)C)c2ccccc2)CC1.CC. The predicted octanol–water partition coefficient (Wildman–Crippen LogP) is 10.2. The molecule has 0 amide bonds. The van der Waals surface area contributed by atoms with Crippen molar-refractivity contribution in [2.75, 3.05) is 26.7 Å². The molecule has 1 aromatic rings. The second kappa shape index (κ2) is 20.8. The van der Waals surface area contributed by atoms with Gasteiger partial charge in [-0.05, 0) is 96.7 Å². The lowest BCUT2D eigenvalue weighted by Crippen LogP contribution is -2.45. The first-order chi connectivity index (χ1) is 21.1. The monoisotopic (exact) mass is 609 g/mol. The first-order valence-corrected chi connectivity index (χ1v) is 16.4. The van der Waals surface area contributed by atoms with Crippen molar-refractivity contribution in [2.45, 2.75) is 106 Å². The molecule has 1 unspecified atom stereocenters. The van der Waals surface area contributed by atoms with Crippen molar-refractivity contribution in [1.82, 2.24) is 10.2 Å². The summed E-state index contributed by atoms with van der Waals surface area (Å²) in [7, 11) is 1.71. The molecular formula is C38H60FN3O2. The Balaban J connectivity index is 0.00000474. The molecule has 0 saturated carbocycles. The Morgan fingerprint density at radius 1 is 1.16 bits per heavy atom. The molecular weight excluding hydrogens is 549 g/mol. The van der Waals surface area contributed by atoms with Gasteiger partial charge in [-0.15, -0.1) is 0 Å². The highest BCUT2D eigenvalue weighted by Crippen LogP contribution is 2.38. The first kappa shape index (κ1) is 38.9. The molecule has 5 nitrogen and oxygen atoms in total. The molecule has 1 aliphatic heterocycles. The number of nitrogens with zero attached hydrogens (tertiary/aromatic N) is 2. The van der Waals surface area contributed by atoms with E-state index in [-0.39, 0.29) is 22.9 Å². The van der Waals surface area contributed by atoms with Gasteiger partial charge in [-0.1, -0.05) is 82.8 Å². The molecule has 2 rings (SSSR count). The minimum Gasteiger partial charge on any atom is -0.484 e. The largest absolute Gasteiger partial charge is 0.484 e. The quantitative estimate of drug-likeness (QED) is 0.0930. The van der Waals surface area contributed by atoms with Crippen molar-refractivity contribution in [3.8, 4) is 0 Å². The van der Waals surface area contributed by atoms with E-state index in [1.54, 1.807) is 26.2 Å². The zero-order chi connectivity index (χ0) is 33.0. The zero-order valence-corrected chi connectivity index (χ0v) is 29.1. The molecule has 1 fully saturated rings. The molecule has 1 aliphatic rings. The third-order valence-corrected chi connectivity index (χ3v) is 7.53. The first-order valence-electron chi connectivity index (χ1n) is 16.4. The van der Waals surface area contributed by atoms with Crippen LogP contribution in [0.1, 0.15) is 106 Å². The van der Waals surface area contributed by atoms with Gasteiger partial charge in [-0.3, -0.25) is 0 Å². The fourth-order valence-corrected chi connectivity index (χ4v) is 5.21. The molecule has 0 aromatic heterocycles. The topological polar surface area (TPSA) is 46.1 Å². The Morgan fingerprint density at radius 3 is 2.36 bits per heavy atom. The minimum absolute atomic E-state index is 0.107. The van der Waals surface area contributed by atoms with Crippen molar-refractivity contribution in [1.29, 1.82) is 0 Å². The highest BCUT2D eigenvalue weighted by molar-refractivity contribution is 5.83. The summed E-state index contributed by atoms with van der Waals surface area (Å²) in [5.41, 5.74) is 1.60. The van der Waals surface area contributed by atoms with Gasteiger partial charge < -0.3 is 19.7 Å². The molecule has 1 saturated heterocycles. The van der Waals surface area contributed by atoms with Crippen LogP contribution in [0.25, 0.3) is 0 Å². The molecule has 1 aromatic carbocycles. The van der Waals surface area contributed by atoms with Gasteiger partial charge in [0.25, 0.3) is 0 Å². The van der Waals surface area contributed by atoms with Gasteiger partial charge in [0.15, 0.2) is 11.8 Å². The Bertz CT molecular complexity index is 1100. The van der Waals surface area contributed by atoms with E-state index in [1.165, 1.54) is 17.7 Å². The third kappa shape index (κ3) is 14.1. The average molecular weight is 610 g/mol. The van der Waals surface area contributed by atoms with Gasteiger partial charge in [-0.2, -0.15) is 0 Å². The maximum atomic E-state index is 13.5. The van der Waals surface area contributed by atoms with Crippen LogP contribution in [0.5, 0.6) is 0 Å². The van der Waals surface area contributed by atoms with Crippen molar-refractivity contribution < 1.29 is 13.9 Å². The standard InChI is InChI=1S/C36H54FN3O2.C2H6/c1-9-17-31(37)22-16-15-19-29(4)38-34(41-8)36(11-3)24-27-40(28-25-36)26-23-32(30-20-13-12-14-21-30)39-33(18-10-2)42-35(5,6)7;1-2/h9,12-18,20-22,32,39H,4,10-11,19,23-28H2,1-3,5-8H3;1-2H3/b16-15+,17-9-,31-22+,33-18-,38-34?;. The smallest absolute Gasteiger partial charge is 0.194 e. The number of methoxy groups -OCH3 is 1. The fraction of sp³-hybridized carbons (Fsp3) is 0.553. The number of hydrogen-bond donors (Lipinski definition) is 1. The molecule has 0 aliphatic carbocycles. The van der Waals surface area contributed by atoms with Gasteiger partial charge in [0.1, 0.15) is 11.4 Å². The number of benzene rings is 1. The maximum absolute atomic E-state index is 13.5. The van der Waals surface area contributed by atoms with Crippen molar-refractivity contribution >= 4 is 5.90 Å². The number of hydrogen-bond acceptors (Lipinski definition) is 5. The molecule has 1 N–H and O–H groups in total. The predicted molar refractivity (Wildman–Crippen MR) is 187 cm³/mol. The minimum atomic E-state index is -0.279. The second-order valence-corrected chi connectivity index (χ2v) is 11.9. The molecule has 1 heterocycles. The average Bonchev–Trinajstić information content (AvgIpc) is 3.01. The summed E-state index contributed by atoms with van der Waals surface area (Å²) in [4.78, 5) is 7.36. The number of rotatable bonds is 15. The number of piperidine rings is 1. The Kier molecular flexibility index (Phi) is 18.4. The van der Waals surface area contributed by atoms with E-state index >= 15 is 0 Å². The lowest BCUT2D eigenvalue weighted by Gasteiger charge is -2.41. The van der Waals surface area contributed by atoms with Gasteiger partial charge in [0.2, 0.25) is 0 Å². The van der Waals surface area contributed by atoms with Crippen LogP contribution in [0.4, 0.5) is 4.39 Å². The van der Waals surface area contributed by atoms with Crippen molar-refractivity contribution in [2.24, 2.45) is 10.4 Å². The van der Waals surface area contributed by atoms with Crippen LogP contribution in [0.2, 0.25) is 0 Å². The summed E-state index contributed by atoms with van der Waals surface area (Å²) < 4.78 is 25.7. The number of aliphatic imine (C=N–C) groups is 1. The van der Waals surface area contributed by atoms with E-state index in [2.05, 4.69) is 87.8 Å². The van der Waals surface area contributed by atoms with Crippen LogP contribution >= 0.6 is 0 Å². The van der Waals surface area contributed by atoms with Crippen LogP contribution in [0.3, 0.4) is 0 Å². The Labute approximate surface area is 268 Å². The highest BCUT2D eigenvalue weighted by Gasteiger charge is 2.39. The lowest BCUT2D eigenvalue weighted by atomic mass is 9.75. The molecule has 6 heteroatoms. The molecule has 246 valence electrons. The van der Waals surface area contributed by atoms with E-state index < -0.39 is 0 Å². The van der Waals surface area contributed by atoms with Gasteiger partial charge in [-0.25, -0.2) is 9.38 Å². The van der Waals surface area contributed by atoms with Crippen LogP contribution in [0.15, 0.2) is 95.8 Å². The van der Waals surface area contributed by atoms with Crippen LogP contribution in [-0.2, 0) is 9.47 Å². The Hall–Kier alpha value is -3.12. The molecule has 1 atom stereocenters. The van der Waals surface area contributed by atoms with E-state index in [0.29, 0.717) is 12.1 Å². The summed E-state index contributed by atoms with van der Waals surface area (Å²) >= 11 is 0. The Morgan fingerprint density at radius 2 is 1.82 bits per heavy atom. The number of allylic oxidation sites excluding steroid dienone is 7. The van der Waals surface area contributed by atoms with Crippen LogP contribution in [0, 0.1) is 5.41 Å². The van der Waals surface area contributed by atoms with Crippen LogP contribution in [-0.4, -0.2) is 43.1 Å². The molecule has 0 radical (unpaired) electrons. The molecule has 44 heavy (non-hydrogen) atoms. The molecule has 0 bridgehead atoms. The summed E-state index contributed by atoms with van der Waals surface area (Å²) in [5, 5.41) is 3.71. The lowest BCUT2D eigenvalue weighted by molar-refractivity contribution is 0.0355. The zero-order valence-electron chi connectivity index (χ0n) is 29.1. The summed E-state index contributed by atoms with van der Waals surface area (Å²) in [6, 6.07) is 10.8. The fourth-order valence-electron chi connectivity index (χ4n) is 5.21. The second-order valence-electron chi connectivity index (χ2n) is 11.9. The maximum Gasteiger partial charge on any atom is 0.194 e. The van der Waals surface area contributed by atoms with E-state index in [1.807, 2.05) is 19.9 Å². The molecule has 0 spiro atoms. The number of nitrogens with one attached hydrogen (secondary N) is 1. The number of ether oxygens (including phenoxy) is 2. The highest BCUT2D eigenvalue weighted by atomic mass is 19.1. The summed E-state index contributed by atoms with van der Waals surface area (Å²) in [5.74, 6) is 1.33. The van der Waals surface area contributed by atoms with E-state index in [0.717, 1.165) is 63.5 Å². The van der Waals surface area contributed by atoms with Gasteiger partial charge in [0.05, 0.1) is 13.2 Å². The van der Waals surface area contributed by atoms with Crippen LogP contribution < -0.4 is 5.32 Å². The normalized spacial score (nSPS) is 17.3. The summed E-state index contributed by atoms with van der Waals surface area (Å²) in [6.45, 7) is 23.5. The number of likely N-dealkylation sites (tertiary alicyclic amines) is 1. The third-order valence-electron chi connectivity index (χ3n) is 7.53. The van der Waals surface area contributed by atoms with Crippen molar-refractivity contribution in [3.05, 3.63) is 96.3 Å². The van der Waals surface area contributed by atoms with E-state index in [9.17, 15) is 4.39 Å².